The van der Waals surface area contributed by atoms with Crippen molar-refractivity contribution in [3.05, 3.63) is 75.7 Å². The number of para-hydroxylation sites is 1. The number of rotatable bonds is 15. The van der Waals surface area contributed by atoms with E-state index in [-0.39, 0.29) is 63.6 Å². The van der Waals surface area contributed by atoms with Gasteiger partial charge >= 0.3 is 18.3 Å². The monoisotopic (exact) mass is 855 g/mol. The molecule has 3 fully saturated rings. The number of aliphatic hydroxyl groups excluding tert-OH is 1. The van der Waals surface area contributed by atoms with Crippen LogP contribution in [-0.2, 0) is 32.3 Å². The third-order valence-electron chi connectivity index (χ3n) is 12.4. The van der Waals surface area contributed by atoms with E-state index < -0.39 is 69.3 Å². The Labute approximate surface area is 343 Å². The van der Waals surface area contributed by atoms with E-state index >= 15 is 4.79 Å². The first-order chi connectivity index (χ1) is 27.9. The number of hydrogen-bond donors (Lipinski definition) is 2. The highest BCUT2D eigenvalue weighted by molar-refractivity contribution is 7.10. The maximum absolute atomic E-state index is 15.1. The van der Waals surface area contributed by atoms with Gasteiger partial charge in [-0.05, 0) is 82.9 Å². The standard InChI is InChI=1S/C42H51F6N3O7S/c1-4-10-32-40(58-28-25-33(59-26-28)42(46,47)48,17-9-22-51(32)35(52)34-30(41(43,44)45)12-7-21-49-34)36(53)50-23-19-39(56-3,20-24-50)29-11-5-6-13-31(29)57-27(2)14-18-38(37(54)55)15-8-16-38/h5-7,11-13,21,25-27,32,35,52H,4,8-10,14-20,22-24H2,1-3H3,(H,54,55)/t27-,32-,35?,40+/m1/s1. The van der Waals surface area contributed by atoms with Gasteiger partial charge < -0.3 is 29.3 Å². The van der Waals surface area contributed by atoms with E-state index in [1.54, 1.807) is 18.9 Å². The summed E-state index contributed by atoms with van der Waals surface area (Å²) in [4.78, 5) is 33.0. The fraction of sp³-hybridized carbons (Fsp3) is 0.595. The summed E-state index contributed by atoms with van der Waals surface area (Å²) in [6, 6.07) is 9.06. The lowest BCUT2D eigenvalue weighted by Crippen LogP contribution is -2.68. The average Bonchev–Trinajstić information content (AvgIpc) is 3.67. The number of amides is 1. The number of carbonyl (C=O) groups excluding carboxylic acids is 1. The third kappa shape index (κ3) is 9.08. The van der Waals surface area contributed by atoms with Crippen LogP contribution in [0, 0.1) is 5.41 Å². The van der Waals surface area contributed by atoms with E-state index in [9.17, 15) is 41.4 Å². The number of carboxylic acids is 1. The number of alkyl halides is 6. The number of aromatic nitrogens is 1. The molecule has 10 nitrogen and oxygen atoms in total. The molecule has 0 spiro atoms. The van der Waals surface area contributed by atoms with Gasteiger partial charge in [0.05, 0.1) is 34.4 Å². The fourth-order valence-electron chi connectivity index (χ4n) is 9.04. The molecule has 2 aromatic heterocycles. The minimum absolute atomic E-state index is 0.0227. The van der Waals surface area contributed by atoms with Crippen LogP contribution in [0.5, 0.6) is 11.5 Å². The van der Waals surface area contributed by atoms with Gasteiger partial charge in [-0.1, -0.05) is 38.0 Å². The number of hydrogen-bond acceptors (Lipinski definition) is 9. The maximum atomic E-state index is 15.1. The number of carboxylic acid groups (broad SMARTS) is 1. The van der Waals surface area contributed by atoms with Crippen molar-refractivity contribution in [3.63, 3.8) is 0 Å². The van der Waals surface area contributed by atoms with Crippen molar-refractivity contribution in [1.29, 1.82) is 0 Å². The van der Waals surface area contributed by atoms with Crippen LogP contribution in [0.1, 0.15) is 112 Å². The van der Waals surface area contributed by atoms with Gasteiger partial charge in [0.25, 0.3) is 5.91 Å². The van der Waals surface area contributed by atoms with Gasteiger partial charge in [0.2, 0.25) is 5.60 Å². The molecule has 1 aliphatic carbocycles. The number of nitrogens with zero attached hydrogens (tertiary/aromatic N) is 3. The second-order valence-corrected chi connectivity index (χ2v) is 16.9. The van der Waals surface area contributed by atoms with E-state index in [2.05, 4.69) is 4.98 Å². The molecule has 2 aliphatic heterocycles. The number of aliphatic carboxylic acids is 1. The van der Waals surface area contributed by atoms with Crippen molar-refractivity contribution >= 4 is 23.2 Å². The molecule has 1 aromatic carbocycles. The van der Waals surface area contributed by atoms with Crippen LogP contribution in [0.25, 0.3) is 0 Å². The van der Waals surface area contributed by atoms with E-state index in [4.69, 9.17) is 14.2 Å². The van der Waals surface area contributed by atoms with E-state index in [1.807, 2.05) is 31.2 Å². The van der Waals surface area contributed by atoms with Crippen molar-refractivity contribution in [2.75, 3.05) is 26.7 Å². The Morgan fingerprint density at radius 3 is 2.29 bits per heavy atom. The summed E-state index contributed by atoms with van der Waals surface area (Å²) in [6.07, 6.45) is -6.13. The Morgan fingerprint density at radius 2 is 1.69 bits per heavy atom. The Hall–Kier alpha value is -3.93. The van der Waals surface area contributed by atoms with Crippen LogP contribution in [0.15, 0.2) is 54.0 Å². The third-order valence-corrected chi connectivity index (χ3v) is 13.4. The Bertz CT molecular complexity index is 1930. The Balaban J connectivity index is 1.29. The predicted molar refractivity (Wildman–Crippen MR) is 206 cm³/mol. The van der Waals surface area contributed by atoms with E-state index in [1.165, 1.54) is 4.90 Å². The zero-order valence-electron chi connectivity index (χ0n) is 33.3. The van der Waals surface area contributed by atoms with Crippen LogP contribution >= 0.6 is 11.3 Å². The summed E-state index contributed by atoms with van der Waals surface area (Å²) < 4.78 is 103. The van der Waals surface area contributed by atoms with E-state index in [0.29, 0.717) is 49.2 Å². The van der Waals surface area contributed by atoms with Crippen molar-refractivity contribution in [1.82, 2.24) is 14.8 Å². The van der Waals surface area contributed by atoms with Crippen LogP contribution in [0.4, 0.5) is 26.3 Å². The SMILES string of the molecule is CCC[C@H]1N(C(O)c2ncccc2C(F)(F)F)CCC[C@@]1(Oc1csc(C(F)(F)F)c1)C(=O)N1CCC(OC)(c2ccccc2O[C@H](C)CCC2(C(=O)O)CCC2)CC1. The minimum atomic E-state index is -4.85. The smallest absolute Gasteiger partial charge is 0.425 e. The first-order valence-electron chi connectivity index (χ1n) is 20.0. The fourth-order valence-corrected chi connectivity index (χ4v) is 9.72. The van der Waals surface area contributed by atoms with Crippen LogP contribution < -0.4 is 9.47 Å². The molecular formula is C42H51F6N3O7S. The highest BCUT2D eigenvalue weighted by Gasteiger charge is 2.57. The molecule has 2 saturated heterocycles. The Kier molecular flexibility index (Phi) is 13.3. The van der Waals surface area contributed by atoms with Crippen LogP contribution in [-0.4, -0.2) is 81.4 Å². The molecule has 17 heteroatoms. The topological polar surface area (TPSA) is 122 Å². The number of halogens is 6. The quantitative estimate of drug-likeness (QED) is 0.144. The van der Waals surface area contributed by atoms with Crippen molar-refractivity contribution in [3.8, 4) is 11.5 Å². The average molecular weight is 856 g/mol. The maximum Gasteiger partial charge on any atom is 0.425 e. The molecular weight excluding hydrogens is 805 g/mol. The van der Waals surface area contributed by atoms with Crippen molar-refractivity contribution < 1.29 is 60.4 Å². The first-order valence-corrected chi connectivity index (χ1v) is 20.9. The lowest BCUT2D eigenvalue weighted by molar-refractivity contribution is -0.178. The second-order valence-electron chi connectivity index (χ2n) is 16.0. The number of ether oxygens (including phenoxy) is 3. The number of thiophene rings is 1. The lowest BCUT2D eigenvalue weighted by Gasteiger charge is -2.52. The normalized spacial score (nSPS) is 23.2. The van der Waals surface area contributed by atoms with Gasteiger partial charge in [0.15, 0.2) is 6.23 Å². The van der Waals surface area contributed by atoms with E-state index in [0.717, 1.165) is 41.8 Å². The molecule has 0 radical (unpaired) electrons. The summed E-state index contributed by atoms with van der Waals surface area (Å²) in [7, 11) is 1.56. The predicted octanol–water partition coefficient (Wildman–Crippen LogP) is 9.22. The molecule has 6 rings (SSSR count). The van der Waals surface area contributed by atoms with Crippen molar-refractivity contribution in [2.45, 2.75) is 126 Å². The van der Waals surface area contributed by atoms with Gasteiger partial charge in [0.1, 0.15) is 16.4 Å². The Morgan fingerprint density at radius 1 is 0.983 bits per heavy atom. The molecule has 4 atom stereocenters. The second kappa shape index (κ2) is 17.6. The zero-order valence-corrected chi connectivity index (χ0v) is 34.1. The molecule has 4 heterocycles. The molecule has 324 valence electrons. The number of aliphatic hydroxyl groups is 1. The van der Waals surface area contributed by atoms with Gasteiger partial charge in [-0.15, -0.1) is 11.3 Å². The summed E-state index contributed by atoms with van der Waals surface area (Å²) in [6.45, 7) is 4.01. The zero-order chi connectivity index (χ0) is 42.8. The number of benzene rings is 1. The van der Waals surface area contributed by atoms with Gasteiger partial charge in [-0.3, -0.25) is 19.5 Å². The van der Waals surface area contributed by atoms with Crippen LogP contribution in [0.3, 0.4) is 0 Å². The minimum Gasteiger partial charge on any atom is -0.490 e. The van der Waals surface area contributed by atoms with Gasteiger partial charge in [-0.25, -0.2) is 0 Å². The lowest BCUT2D eigenvalue weighted by atomic mass is 9.66. The first kappa shape index (κ1) is 44.6. The van der Waals surface area contributed by atoms with Gasteiger partial charge in [0, 0.05) is 50.0 Å². The summed E-state index contributed by atoms with van der Waals surface area (Å²) in [5.41, 5.74) is -4.59. The number of methoxy groups -OCH3 is 1. The summed E-state index contributed by atoms with van der Waals surface area (Å²) in [5.74, 6) is -0.996. The van der Waals surface area contributed by atoms with Crippen molar-refractivity contribution in [2.24, 2.45) is 5.41 Å². The number of pyridine rings is 1. The molecule has 59 heavy (non-hydrogen) atoms. The molecule has 3 aliphatic rings. The number of piperidine rings is 2. The highest BCUT2D eigenvalue weighted by Crippen LogP contribution is 2.48. The van der Waals surface area contributed by atoms with Crippen LogP contribution in [0.2, 0.25) is 0 Å². The summed E-state index contributed by atoms with van der Waals surface area (Å²) in [5, 5.41) is 22.7. The number of carbonyl (C=O) groups is 2. The largest absolute Gasteiger partial charge is 0.490 e. The highest BCUT2D eigenvalue weighted by atomic mass is 32.1. The number of likely N-dealkylation sites (tertiary alicyclic amines) is 2. The van der Waals surface area contributed by atoms with Gasteiger partial charge in [-0.2, -0.15) is 26.3 Å². The molecule has 1 amide bonds. The molecule has 1 saturated carbocycles. The molecule has 2 N–H and O–H groups in total. The molecule has 3 aromatic rings. The summed E-state index contributed by atoms with van der Waals surface area (Å²) >= 11 is 0.402. The molecule has 1 unspecified atom stereocenters. The molecule has 0 bridgehead atoms.